The Kier molecular flexibility index (Phi) is 10.5. The molecule has 0 aliphatic carbocycles. The second-order valence-corrected chi connectivity index (χ2v) is 13.2. The average Bonchev–Trinajstić information content (AvgIpc) is 3.70. The fourth-order valence-corrected chi connectivity index (χ4v) is 6.60. The number of rotatable bonds is 10. The molecule has 0 saturated carbocycles. The highest BCUT2D eigenvalue weighted by molar-refractivity contribution is 8.00. The monoisotopic (exact) mass is 678 g/mol. The molecule has 3 amide bonds. The van der Waals surface area contributed by atoms with Crippen molar-refractivity contribution in [2.75, 3.05) is 10.6 Å². The zero-order valence-corrected chi connectivity index (χ0v) is 27.0. The molecule has 0 aliphatic rings. The third-order valence-corrected chi connectivity index (χ3v) is 9.24. The van der Waals surface area contributed by atoms with Crippen molar-refractivity contribution in [2.24, 2.45) is 0 Å². The maximum absolute atomic E-state index is 13.2. The van der Waals surface area contributed by atoms with E-state index in [-0.39, 0.29) is 17.5 Å². The first-order valence-electron chi connectivity index (χ1n) is 13.2. The van der Waals surface area contributed by atoms with E-state index in [1.807, 2.05) is 40.4 Å². The maximum Gasteiger partial charge on any atom is 0.272 e. The standard InChI is InChI=1S/C32H24Cl2N4O3S3/c1-19(29(39)38-32-37-28(18-43-32)25-12-7-22(33)16-26(25)34)44-24-10-8-23(9-11-24)35-31(41)27(15-20-13-14-42-17-20)36-30(40)21-5-3-2-4-6-21/h2-19H,1H3,(H,35,41)(H,36,40)(H,37,38,39)/b27-15-. The van der Waals surface area contributed by atoms with Crippen LogP contribution in [0.2, 0.25) is 10.0 Å². The Morgan fingerprint density at radius 3 is 2.41 bits per heavy atom. The van der Waals surface area contributed by atoms with E-state index in [2.05, 4.69) is 20.9 Å². The van der Waals surface area contributed by atoms with Gasteiger partial charge in [0.2, 0.25) is 5.91 Å². The number of halogens is 2. The van der Waals surface area contributed by atoms with Crippen LogP contribution in [-0.4, -0.2) is 28.0 Å². The van der Waals surface area contributed by atoms with Gasteiger partial charge in [-0.3, -0.25) is 14.4 Å². The summed E-state index contributed by atoms with van der Waals surface area (Å²) >= 11 is 16.4. The topological polar surface area (TPSA) is 100 Å². The number of nitrogens with one attached hydrogen (secondary N) is 3. The largest absolute Gasteiger partial charge is 0.321 e. The number of nitrogens with zero attached hydrogens (tertiary/aromatic N) is 1. The van der Waals surface area contributed by atoms with Crippen LogP contribution >= 0.6 is 57.6 Å². The van der Waals surface area contributed by atoms with Gasteiger partial charge in [0.1, 0.15) is 5.70 Å². The second kappa shape index (κ2) is 14.7. The number of amides is 3. The van der Waals surface area contributed by atoms with Crippen molar-refractivity contribution in [3.05, 3.63) is 122 Å². The Morgan fingerprint density at radius 1 is 0.932 bits per heavy atom. The first-order chi connectivity index (χ1) is 21.2. The Hall–Kier alpha value is -3.93. The Bertz CT molecular complexity index is 1810. The summed E-state index contributed by atoms with van der Waals surface area (Å²) in [6.45, 7) is 1.80. The van der Waals surface area contributed by atoms with Crippen molar-refractivity contribution in [1.29, 1.82) is 0 Å². The number of thioether (sulfide) groups is 1. The summed E-state index contributed by atoms with van der Waals surface area (Å²) in [6.07, 6.45) is 1.63. The van der Waals surface area contributed by atoms with Crippen LogP contribution in [0.15, 0.2) is 106 Å². The van der Waals surface area contributed by atoms with Gasteiger partial charge < -0.3 is 16.0 Å². The van der Waals surface area contributed by atoms with Gasteiger partial charge in [0.15, 0.2) is 5.13 Å². The number of hydrogen-bond donors (Lipinski definition) is 3. The third kappa shape index (κ3) is 8.37. The number of hydrogen-bond acceptors (Lipinski definition) is 7. The molecule has 12 heteroatoms. The lowest BCUT2D eigenvalue weighted by Crippen LogP contribution is -2.30. The number of anilines is 2. The molecule has 0 spiro atoms. The van der Waals surface area contributed by atoms with Crippen molar-refractivity contribution in [3.8, 4) is 11.3 Å². The van der Waals surface area contributed by atoms with E-state index in [0.29, 0.717) is 32.1 Å². The molecule has 0 fully saturated rings. The van der Waals surface area contributed by atoms with Gasteiger partial charge in [-0.05, 0) is 90.0 Å². The minimum Gasteiger partial charge on any atom is -0.321 e. The van der Waals surface area contributed by atoms with E-state index in [1.165, 1.54) is 34.4 Å². The highest BCUT2D eigenvalue weighted by atomic mass is 35.5. The summed E-state index contributed by atoms with van der Waals surface area (Å²) < 4.78 is 0. The summed E-state index contributed by atoms with van der Waals surface area (Å²) in [5.41, 5.74) is 3.28. The molecule has 3 N–H and O–H groups in total. The van der Waals surface area contributed by atoms with Crippen LogP contribution in [0, 0.1) is 0 Å². The van der Waals surface area contributed by atoms with Gasteiger partial charge in [-0.2, -0.15) is 11.3 Å². The summed E-state index contributed by atoms with van der Waals surface area (Å²) in [5.74, 6) is -1.05. The highest BCUT2D eigenvalue weighted by Crippen LogP contribution is 2.33. The lowest BCUT2D eigenvalue weighted by molar-refractivity contribution is -0.115. The first-order valence-corrected chi connectivity index (χ1v) is 16.6. The molecule has 222 valence electrons. The Labute approximate surface area is 276 Å². The summed E-state index contributed by atoms with van der Waals surface area (Å²) in [7, 11) is 0. The van der Waals surface area contributed by atoms with Gasteiger partial charge >= 0.3 is 0 Å². The van der Waals surface area contributed by atoms with E-state index in [1.54, 1.807) is 67.6 Å². The number of thiazole rings is 1. The van der Waals surface area contributed by atoms with Crippen LogP contribution in [0.5, 0.6) is 0 Å². The van der Waals surface area contributed by atoms with E-state index < -0.39 is 11.2 Å². The van der Waals surface area contributed by atoms with Crippen LogP contribution in [0.1, 0.15) is 22.8 Å². The molecule has 44 heavy (non-hydrogen) atoms. The lowest BCUT2D eigenvalue weighted by Gasteiger charge is -2.13. The van der Waals surface area contributed by atoms with E-state index >= 15 is 0 Å². The molecule has 5 rings (SSSR count). The fraction of sp³-hybridized carbons (Fsp3) is 0.0625. The SMILES string of the molecule is CC(Sc1ccc(NC(=O)/C(=C/c2ccsc2)NC(=O)c2ccccc2)cc1)C(=O)Nc1nc(-c2ccc(Cl)cc2Cl)cs1. The molecule has 1 atom stereocenters. The van der Waals surface area contributed by atoms with Crippen LogP contribution < -0.4 is 16.0 Å². The Morgan fingerprint density at radius 2 is 1.70 bits per heavy atom. The molecule has 7 nitrogen and oxygen atoms in total. The molecular weight excluding hydrogens is 655 g/mol. The predicted octanol–water partition coefficient (Wildman–Crippen LogP) is 8.71. The van der Waals surface area contributed by atoms with Crippen LogP contribution in [0.4, 0.5) is 10.8 Å². The van der Waals surface area contributed by atoms with Gasteiger partial charge in [-0.25, -0.2) is 4.98 Å². The van der Waals surface area contributed by atoms with Crippen molar-refractivity contribution >= 4 is 92.3 Å². The smallest absolute Gasteiger partial charge is 0.272 e. The number of carbonyl (C=O) groups excluding carboxylic acids is 3. The van der Waals surface area contributed by atoms with Gasteiger partial charge in [0.25, 0.3) is 11.8 Å². The van der Waals surface area contributed by atoms with Gasteiger partial charge in [0, 0.05) is 32.1 Å². The maximum atomic E-state index is 13.2. The summed E-state index contributed by atoms with van der Waals surface area (Å²) in [5, 5.41) is 15.1. The molecule has 0 bridgehead atoms. The molecule has 0 aliphatic heterocycles. The van der Waals surface area contributed by atoms with Gasteiger partial charge in [0.05, 0.1) is 16.0 Å². The molecule has 0 radical (unpaired) electrons. The number of aromatic nitrogens is 1. The minimum absolute atomic E-state index is 0.115. The number of benzene rings is 3. The highest BCUT2D eigenvalue weighted by Gasteiger charge is 2.18. The Balaban J connectivity index is 1.19. The molecule has 3 aromatic carbocycles. The third-order valence-electron chi connectivity index (χ3n) is 6.12. The zero-order chi connectivity index (χ0) is 31.1. The molecule has 2 heterocycles. The molecule has 1 unspecified atom stereocenters. The number of carbonyl (C=O) groups is 3. The molecule has 5 aromatic rings. The normalized spacial score (nSPS) is 11.9. The van der Waals surface area contributed by atoms with E-state index in [9.17, 15) is 14.4 Å². The predicted molar refractivity (Wildman–Crippen MR) is 183 cm³/mol. The first kappa shape index (κ1) is 31.5. The van der Waals surface area contributed by atoms with Crippen molar-refractivity contribution in [1.82, 2.24) is 10.3 Å². The van der Waals surface area contributed by atoms with Crippen LogP contribution in [-0.2, 0) is 9.59 Å². The summed E-state index contributed by atoms with van der Waals surface area (Å²) in [4.78, 5) is 44.2. The molecule has 0 saturated heterocycles. The lowest BCUT2D eigenvalue weighted by atomic mass is 10.2. The van der Waals surface area contributed by atoms with Crippen molar-refractivity contribution in [3.63, 3.8) is 0 Å². The minimum atomic E-state index is -0.462. The van der Waals surface area contributed by atoms with Gasteiger partial charge in [-0.15, -0.1) is 23.1 Å². The van der Waals surface area contributed by atoms with E-state index in [0.717, 1.165) is 16.0 Å². The fourth-order valence-electron chi connectivity index (χ4n) is 3.90. The molecular formula is C32H24Cl2N4O3S3. The van der Waals surface area contributed by atoms with E-state index in [4.69, 9.17) is 23.2 Å². The molecule has 2 aromatic heterocycles. The summed E-state index contributed by atoms with van der Waals surface area (Å²) in [6, 6.07) is 22.9. The van der Waals surface area contributed by atoms with Crippen LogP contribution in [0.3, 0.4) is 0 Å². The second-order valence-electron chi connectivity index (χ2n) is 9.32. The quantitative estimate of drug-likeness (QED) is 0.101. The van der Waals surface area contributed by atoms with Crippen molar-refractivity contribution in [2.45, 2.75) is 17.1 Å². The number of thiophene rings is 1. The van der Waals surface area contributed by atoms with Crippen molar-refractivity contribution < 1.29 is 14.4 Å². The van der Waals surface area contributed by atoms with Gasteiger partial charge in [-0.1, -0.05) is 41.4 Å². The average molecular weight is 680 g/mol. The zero-order valence-electron chi connectivity index (χ0n) is 23.0. The van der Waals surface area contributed by atoms with Crippen LogP contribution in [0.25, 0.3) is 17.3 Å².